The van der Waals surface area contributed by atoms with Crippen LogP contribution in [0.2, 0.25) is 0 Å². The summed E-state index contributed by atoms with van der Waals surface area (Å²) in [6.07, 6.45) is 1.46. The van der Waals surface area contributed by atoms with Gasteiger partial charge in [-0.1, -0.05) is 0 Å². The summed E-state index contributed by atoms with van der Waals surface area (Å²) in [6.45, 7) is 6.92. The number of unbranched alkanes of at least 4 members (excludes halogenated alkanes) is 1. The van der Waals surface area contributed by atoms with Crippen LogP contribution in [0.15, 0.2) is 4.99 Å². The molecule has 0 bridgehead atoms. The quantitative estimate of drug-likeness (QED) is 0.475. The third-order valence-corrected chi connectivity index (χ3v) is 2.31. The highest BCUT2D eigenvalue weighted by molar-refractivity contribution is 5.79. The van der Waals surface area contributed by atoms with E-state index in [2.05, 4.69) is 10.3 Å². The van der Waals surface area contributed by atoms with E-state index in [1.807, 2.05) is 58.8 Å². The molecule has 20 heavy (non-hydrogen) atoms. The zero-order valence-electron chi connectivity index (χ0n) is 14.0. The summed E-state index contributed by atoms with van der Waals surface area (Å²) in [4.78, 5) is 19.9. The first-order valence-corrected chi connectivity index (χ1v) is 6.99. The van der Waals surface area contributed by atoms with Crippen molar-refractivity contribution in [2.24, 2.45) is 4.99 Å². The van der Waals surface area contributed by atoms with E-state index in [9.17, 15) is 4.79 Å². The number of hydrogen-bond acceptors (Lipinski definition) is 3. The molecule has 0 unspecified atom stereocenters. The van der Waals surface area contributed by atoms with Crippen LogP contribution in [0.3, 0.4) is 0 Å². The van der Waals surface area contributed by atoms with Crippen molar-refractivity contribution >= 4 is 12.1 Å². The molecular weight excluding hydrogens is 256 g/mol. The molecule has 0 atom stereocenters. The summed E-state index contributed by atoms with van der Waals surface area (Å²) in [5.74, 6) is 0.949. The molecule has 0 saturated carbocycles. The molecule has 0 aliphatic carbocycles. The Kier molecular flexibility index (Phi) is 8.03. The number of alkyl carbamates (subject to hydrolysis) is 1. The van der Waals surface area contributed by atoms with E-state index < -0.39 is 5.60 Å². The zero-order chi connectivity index (χ0) is 15.8. The Morgan fingerprint density at radius 1 is 1.10 bits per heavy atom. The normalized spacial score (nSPS) is 10.8. The molecule has 0 aromatic carbocycles. The van der Waals surface area contributed by atoms with Gasteiger partial charge in [0.05, 0.1) is 0 Å². The molecule has 0 heterocycles. The molecule has 118 valence electrons. The van der Waals surface area contributed by atoms with Crippen LogP contribution >= 0.6 is 0 Å². The lowest BCUT2D eigenvalue weighted by Gasteiger charge is -2.22. The zero-order valence-corrected chi connectivity index (χ0v) is 14.0. The fourth-order valence-electron chi connectivity index (χ4n) is 1.60. The lowest BCUT2D eigenvalue weighted by molar-refractivity contribution is 0.0527. The molecular formula is C14H30N4O2. The van der Waals surface area contributed by atoms with Gasteiger partial charge in [0, 0.05) is 41.3 Å². The van der Waals surface area contributed by atoms with Crippen LogP contribution in [0.1, 0.15) is 33.6 Å². The Morgan fingerprint density at radius 2 is 1.65 bits per heavy atom. The third kappa shape index (κ3) is 9.47. The van der Waals surface area contributed by atoms with E-state index in [-0.39, 0.29) is 6.09 Å². The standard InChI is InChI=1S/C14H30N4O2/c1-14(2,3)20-13(19)16-11-9-8-10-15-12(17(4)5)18(6)7/h8-11H2,1-7H3,(H,16,19). The number of carbonyl (C=O) groups excluding carboxylic acids is 1. The molecule has 0 saturated heterocycles. The van der Waals surface area contributed by atoms with Gasteiger partial charge >= 0.3 is 6.09 Å². The minimum atomic E-state index is -0.444. The smallest absolute Gasteiger partial charge is 0.407 e. The average Bonchev–Trinajstić information content (AvgIpc) is 2.24. The first-order valence-electron chi connectivity index (χ1n) is 6.99. The molecule has 6 nitrogen and oxygen atoms in total. The van der Waals surface area contributed by atoms with Crippen LogP contribution in [-0.4, -0.2) is 68.7 Å². The number of ether oxygens (including phenoxy) is 1. The molecule has 0 aliphatic rings. The van der Waals surface area contributed by atoms with Crippen LogP contribution in [0.4, 0.5) is 4.79 Å². The maximum atomic E-state index is 11.4. The van der Waals surface area contributed by atoms with E-state index >= 15 is 0 Å². The monoisotopic (exact) mass is 286 g/mol. The third-order valence-electron chi connectivity index (χ3n) is 2.31. The van der Waals surface area contributed by atoms with Gasteiger partial charge in [-0.2, -0.15) is 0 Å². The van der Waals surface area contributed by atoms with Crippen molar-refractivity contribution in [1.29, 1.82) is 0 Å². The Bertz CT molecular complexity index is 310. The van der Waals surface area contributed by atoms with Crippen LogP contribution in [0.25, 0.3) is 0 Å². The van der Waals surface area contributed by atoms with Gasteiger partial charge in [0.2, 0.25) is 0 Å². The van der Waals surface area contributed by atoms with E-state index in [0.717, 1.165) is 25.3 Å². The highest BCUT2D eigenvalue weighted by atomic mass is 16.6. The number of rotatable bonds is 5. The number of nitrogens with one attached hydrogen (secondary N) is 1. The van der Waals surface area contributed by atoms with E-state index in [0.29, 0.717) is 6.54 Å². The van der Waals surface area contributed by atoms with Crippen LogP contribution in [0.5, 0.6) is 0 Å². The number of hydrogen-bond donors (Lipinski definition) is 1. The first kappa shape index (κ1) is 18.5. The Balaban J connectivity index is 3.82. The van der Waals surface area contributed by atoms with Crippen molar-refractivity contribution in [2.45, 2.75) is 39.2 Å². The summed E-state index contributed by atoms with van der Waals surface area (Å²) < 4.78 is 5.15. The molecule has 0 aromatic rings. The van der Waals surface area contributed by atoms with Gasteiger partial charge in [-0.05, 0) is 33.6 Å². The van der Waals surface area contributed by atoms with Gasteiger partial charge in [-0.25, -0.2) is 4.79 Å². The Hall–Kier alpha value is -1.46. The number of nitrogens with zero attached hydrogens (tertiary/aromatic N) is 3. The Labute approximate surface area is 123 Å². The minimum absolute atomic E-state index is 0.358. The number of aliphatic imine (C=N–C) groups is 1. The number of guanidine groups is 1. The van der Waals surface area contributed by atoms with Crippen molar-refractivity contribution in [3.05, 3.63) is 0 Å². The minimum Gasteiger partial charge on any atom is -0.444 e. The molecule has 0 rings (SSSR count). The van der Waals surface area contributed by atoms with Crippen molar-refractivity contribution in [3.8, 4) is 0 Å². The van der Waals surface area contributed by atoms with Crippen molar-refractivity contribution in [1.82, 2.24) is 15.1 Å². The molecule has 1 N–H and O–H groups in total. The topological polar surface area (TPSA) is 57.2 Å². The second-order valence-electron chi connectivity index (χ2n) is 6.11. The lowest BCUT2D eigenvalue weighted by atomic mass is 10.2. The first-order chi connectivity index (χ1) is 9.13. The summed E-state index contributed by atoms with van der Waals surface area (Å²) in [6, 6.07) is 0. The molecule has 0 aromatic heterocycles. The molecule has 0 aliphatic heterocycles. The van der Waals surface area contributed by atoms with Crippen LogP contribution < -0.4 is 5.32 Å². The molecule has 0 spiro atoms. The highest BCUT2D eigenvalue weighted by Gasteiger charge is 2.15. The maximum absolute atomic E-state index is 11.4. The second-order valence-corrected chi connectivity index (χ2v) is 6.11. The van der Waals surface area contributed by atoms with Crippen molar-refractivity contribution in [2.75, 3.05) is 41.3 Å². The predicted molar refractivity (Wildman–Crippen MR) is 83.1 cm³/mol. The van der Waals surface area contributed by atoms with Gasteiger partial charge in [0.1, 0.15) is 5.60 Å². The largest absolute Gasteiger partial charge is 0.444 e. The summed E-state index contributed by atoms with van der Waals surface area (Å²) in [7, 11) is 7.90. The van der Waals surface area contributed by atoms with E-state index in [1.165, 1.54) is 0 Å². The van der Waals surface area contributed by atoms with Gasteiger partial charge < -0.3 is 19.9 Å². The van der Waals surface area contributed by atoms with E-state index in [4.69, 9.17) is 4.74 Å². The van der Waals surface area contributed by atoms with E-state index in [1.54, 1.807) is 0 Å². The SMILES string of the molecule is CN(C)C(=NCCCCNC(=O)OC(C)(C)C)N(C)C. The average molecular weight is 286 g/mol. The molecule has 0 radical (unpaired) electrons. The van der Waals surface area contributed by atoms with Crippen LogP contribution in [0, 0.1) is 0 Å². The maximum Gasteiger partial charge on any atom is 0.407 e. The fourth-order valence-corrected chi connectivity index (χ4v) is 1.60. The van der Waals surface area contributed by atoms with Gasteiger partial charge in [0.25, 0.3) is 0 Å². The number of amides is 1. The van der Waals surface area contributed by atoms with Crippen molar-refractivity contribution in [3.63, 3.8) is 0 Å². The van der Waals surface area contributed by atoms with Crippen molar-refractivity contribution < 1.29 is 9.53 Å². The second kappa shape index (κ2) is 8.66. The highest BCUT2D eigenvalue weighted by Crippen LogP contribution is 2.06. The van der Waals surface area contributed by atoms with Gasteiger partial charge in [-0.3, -0.25) is 4.99 Å². The molecule has 1 amide bonds. The molecule has 6 heteroatoms. The number of carbonyl (C=O) groups is 1. The van der Waals surface area contributed by atoms with Gasteiger partial charge in [-0.15, -0.1) is 0 Å². The summed E-state index contributed by atoms with van der Waals surface area (Å²) >= 11 is 0. The molecule has 0 fully saturated rings. The summed E-state index contributed by atoms with van der Waals surface area (Å²) in [5.41, 5.74) is -0.444. The van der Waals surface area contributed by atoms with Crippen LogP contribution in [-0.2, 0) is 4.74 Å². The Morgan fingerprint density at radius 3 is 2.10 bits per heavy atom. The predicted octanol–water partition coefficient (Wildman–Crippen LogP) is 1.77. The fraction of sp³-hybridized carbons (Fsp3) is 0.857. The lowest BCUT2D eigenvalue weighted by Crippen LogP contribution is -2.35. The van der Waals surface area contributed by atoms with Gasteiger partial charge in [0.15, 0.2) is 5.96 Å². The summed E-state index contributed by atoms with van der Waals surface area (Å²) in [5, 5.41) is 2.74.